The first-order valence-electron chi connectivity index (χ1n) is 4.18. The van der Waals surface area contributed by atoms with Crippen molar-refractivity contribution in [3.05, 3.63) is 22.8 Å². The number of phenolic OH excluding ortho intramolecular Hbond substituents is 2. The lowest BCUT2D eigenvalue weighted by Gasteiger charge is -2.07. The number of hydrogen-bond acceptors (Lipinski definition) is 3. The maximum absolute atomic E-state index is 9.40. The Labute approximate surface area is 87.2 Å². The van der Waals surface area contributed by atoms with E-state index in [9.17, 15) is 10.2 Å². The summed E-state index contributed by atoms with van der Waals surface area (Å²) in [4.78, 5) is 8.56. The molecule has 1 rings (SSSR count). The van der Waals surface area contributed by atoms with Gasteiger partial charge in [-0.25, -0.2) is 4.79 Å². The zero-order chi connectivity index (χ0) is 12.2. The fourth-order valence-corrected chi connectivity index (χ4v) is 1.05. The Morgan fingerprint density at radius 3 is 1.87 bits per heavy atom. The van der Waals surface area contributed by atoms with Crippen LogP contribution in [0.2, 0.25) is 0 Å². The average Bonchev–Trinajstić information content (AvgIpc) is 2.11. The largest absolute Gasteiger partial charge is 0.508 e. The highest BCUT2D eigenvalue weighted by Gasteiger charge is 2.06. The first kappa shape index (κ1) is 13.1. The van der Waals surface area contributed by atoms with E-state index in [0.29, 0.717) is 5.56 Å². The monoisotopic (exact) mass is 214 g/mol. The Morgan fingerprint density at radius 2 is 1.47 bits per heavy atom. The third-order valence-corrected chi connectivity index (χ3v) is 2.03. The van der Waals surface area contributed by atoms with Gasteiger partial charge in [0, 0.05) is 0 Å². The van der Waals surface area contributed by atoms with Crippen LogP contribution in [0.1, 0.15) is 16.7 Å². The van der Waals surface area contributed by atoms with Gasteiger partial charge in [0.15, 0.2) is 0 Å². The number of hydrogen-bond donors (Lipinski definition) is 4. The quantitative estimate of drug-likeness (QED) is 0.496. The minimum absolute atomic E-state index is 0.248. The van der Waals surface area contributed by atoms with Gasteiger partial charge in [0.25, 0.3) is 0 Å². The summed E-state index contributed by atoms with van der Waals surface area (Å²) < 4.78 is 0. The summed E-state index contributed by atoms with van der Waals surface area (Å²) >= 11 is 0. The molecule has 0 aliphatic heterocycles. The first-order valence-corrected chi connectivity index (χ1v) is 4.18. The van der Waals surface area contributed by atoms with Gasteiger partial charge in [-0.2, -0.15) is 0 Å². The molecule has 5 heteroatoms. The van der Waals surface area contributed by atoms with Crippen LogP contribution in [0.25, 0.3) is 0 Å². The number of aromatic hydroxyl groups is 2. The van der Waals surface area contributed by atoms with Crippen molar-refractivity contribution in [2.24, 2.45) is 0 Å². The molecule has 0 saturated heterocycles. The molecule has 1 aromatic carbocycles. The van der Waals surface area contributed by atoms with Crippen molar-refractivity contribution < 1.29 is 25.2 Å². The highest BCUT2D eigenvalue weighted by molar-refractivity contribution is 5.53. The lowest BCUT2D eigenvalue weighted by atomic mass is 10.0. The third kappa shape index (κ3) is 3.76. The Kier molecular flexibility index (Phi) is 4.44. The Hall–Kier alpha value is -1.91. The Balaban J connectivity index is 0.000000423. The molecule has 0 aliphatic rings. The van der Waals surface area contributed by atoms with E-state index in [4.69, 9.17) is 15.0 Å². The van der Waals surface area contributed by atoms with Gasteiger partial charge in [-0.3, -0.25) is 0 Å². The zero-order valence-electron chi connectivity index (χ0n) is 8.77. The van der Waals surface area contributed by atoms with Crippen LogP contribution in [0, 0.1) is 20.8 Å². The van der Waals surface area contributed by atoms with Crippen LogP contribution in [-0.2, 0) is 0 Å². The molecule has 0 saturated carbocycles. The van der Waals surface area contributed by atoms with Gasteiger partial charge in [0.05, 0.1) is 0 Å². The van der Waals surface area contributed by atoms with Gasteiger partial charge in [0.1, 0.15) is 11.5 Å². The van der Waals surface area contributed by atoms with Crippen molar-refractivity contribution in [3.63, 3.8) is 0 Å². The number of carbonyl (C=O) groups is 1. The van der Waals surface area contributed by atoms with Crippen LogP contribution < -0.4 is 0 Å². The van der Waals surface area contributed by atoms with Gasteiger partial charge >= 0.3 is 6.16 Å². The SMILES string of the molecule is Cc1cc(O)c(C)c(C)c1O.O=C(O)O. The molecule has 0 atom stereocenters. The summed E-state index contributed by atoms with van der Waals surface area (Å²) in [6.45, 7) is 5.34. The molecule has 0 aliphatic carbocycles. The molecule has 0 spiro atoms. The van der Waals surface area contributed by atoms with Crippen molar-refractivity contribution in [2.45, 2.75) is 20.8 Å². The molecule has 0 amide bonds. The second-order valence-corrected chi connectivity index (χ2v) is 3.09. The molecule has 0 radical (unpaired) electrons. The number of benzene rings is 1. The number of phenols is 2. The Bertz CT molecular complexity index is 340. The smallest absolute Gasteiger partial charge is 0.503 e. The summed E-state index contributed by atoms with van der Waals surface area (Å²) in [5, 5.41) is 32.6. The summed E-state index contributed by atoms with van der Waals surface area (Å²) in [6, 6.07) is 1.57. The molecule has 0 unspecified atom stereocenters. The van der Waals surface area contributed by atoms with E-state index in [-0.39, 0.29) is 11.5 Å². The van der Waals surface area contributed by atoms with Crippen molar-refractivity contribution in [3.8, 4) is 11.5 Å². The van der Waals surface area contributed by atoms with E-state index in [0.717, 1.165) is 11.1 Å². The fraction of sp³-hybridized carbons (Fsp3) is 0.300. The highest BCUT2D eigenvalue weighted by atomic mass is 16.6. The highest BCUT2D eigenvalue weighted by Crippen LogP contribution is 2.30. The van der Waals surface area contributed by atoms with Crippen molar-refractivity contribution in [2.75, 3.05) is 0 Å². The van der Waals surface area contributed by atoms with E-state index >= 15 is 0 Å². The van der Waals surface area contributed by atoms with Crippen LogP contribution >= 0.6 is 0 Å². The topological polar surface area (TPSA) is 98.0 Å². The van der Waals surface area contributed by atoms with Gasteiger partial charge in [-0.05, 0) is 43.5 Å². The molecular formula is C10H14O5. The van der Waals surface area contributed by atoms with E-state index in [1.807, 2.05) is 0 Å². The van der Waals surface area contributed by atoms with Crippen LogP contribution in [0.4, 0.5) is 4.79 Å². The second-order valence-electron chi connectivity index (χ2n) is 3.09. The van der Waals surface area contributed by atoms with Crippen LogP contribution in [0.5, 0.6) is 11.5 Å². The molecule has 0 fully saturated rings. The van der Waals surface area contributed by atoms with E-state index in [1.165, 1.54) is 0 Å². The lowest BCUT2D eigenvalue weighted by molar-refractivity contribution is 0.137. The summed E-state index contributed by atoms with van der Waals surface area (Å²) in [5.41, 5.74) is 2.21. The van der Waals surface area contributed by atoms with E-state index in [1.54, 1.807) is 26.8 Å². The van der Waals surface area contributed by atoms with Crippen LogP contribution in [-0.4, -0.2) is 26.6 Å². The standard InChI is InChI=1S/C9H12O2.CH2O3/c1-5-4-8(10)6(2)7(3)9(5)11;2-1(3)4/h4,10-11H,1-3H3;(H2,2,3,4). The fourth-order valence-electron chi connectivity index (χ4n) is 1.05. The van der Waals surface area contributed by atoms with E-state index in [2.05, 4.69) is 0 Å². The third-order valence-electron chi connectivity index (χ3n) is 2.03. The van der Waals surface area contributed by atoms with Gasteiger partial charge in [-0.1, -0.05) is 0 Å². The lowest BCUT2D eigenvalue weighted by Crippen LogP contribution is -1.85. The number of aryl methyl sites for hydroxylation is 1. The molecule has 5 nitrogen and oxygen atoms in total. The number of carboxylic acid groups (broad SMARTS) is 2. The predicted molar refractivity (Wildman–Crippen MR) is 54.6 cm³/mol. The Morgan fingerprint density at radius 1 is 1.07 bits per heavy atom. The predicted octanol–water partition coefficient (Wildman–Crippen LogP) is 2.25. The van der Waals surface area contributed by atoms with Crippen molar-refractivity contribution in [1.29, 1.82) is 0 Å². The maximum Gasteiger partial charge on any atom is 0.503 e. The molecule has 0 bridgehead atoms. The van der Waals surface area contributed by atoms with Crippen molar-refractivity contribution >= 4 is 6.16 Å². The molecule has 4 N–H and O–H groups in total. The molecule has 84 valence electrons. The average molecular weight is 214 g/mol. The van der Waals surface area contributed by atoms with Gasteiger partial charge < -0.3 is 20.4 Å². The minimum atomic E-state index is -1.83. The van der Waals surface area contributed by atoms with Crippen LogP contribution in [0.15, 0.2) is 6.07 Å². The first-order chi connectivity index (χ1) is 6.77. The van der Waals surface area contributed by atoms with Gasteiger partial charge in [0.2, 0.25) is 0 Å². The molecule has 1 aromatic rings. The number of rotatable bonds is 0. The normalized spacial score (nSPS) is 9.00. The van der Waals surface area contributed by atoms with Crippen LogP contribution in [0.3, 0.4) is 0 Å². The minimum Gasteiger partial charge on any atom is -0.508 e. The maximum atomic E-state index is 9.40. The summed E-state index contributed by atoms with van der Waals surface area (Å²) in [5.74, 6) is 0.526. The molecule has 15 heavy (non-hydrogen) atoms. The summed E-state index contributed by atoms with van der Waals surface area (Å²) in [7, 11) is 0. The second kappa shape index (κ2) is 5.09. The zero-order valence-corrected chi connectivity index (χ0v) is 8.77. The molecule has 0 aromatic heterocycles. The summed E-state index contributed by atoms with van der Waals surface area (Å²) in [6.07, 6.45) is -1.83. The molecule has 0 heterocycles. The molecular weight excluding hydrogens is 200 g/mol. The van der Waals surface area contributed by atoms with Gasteiger partial charge in [-0.15, -0.1) is 0 Å². The van der Waals surface area contributed by atoms with E-state index < -0.39 is 6.16 Å². The van der Waals surface area contributed by atoms with Crippen molar-refractivity contribution in [1.82, 2.24) is 0 Å².